The number of nitrogens with one attached hydrogen (secondary N) is 1. The number of rotatable bonds is 4. The zero-order valence-electron chi connectivity index (χ0n) is 10.6. The average molecular weight is 245 g/mol. The fourth-order valence-electron chi connectivity index (χ4n) is 1.46. The molecular formula is C13H21NO3. The third-order valence-electron chi connectivity index (χ3n) is 2.48. The first kappa shape index (κ1) is 14.0. The van der Waals surface area contributed by atoms with Crippen LogP contribution in [0.1, 0.15) is 38.0 Å². The molecule has 17 heavy (non-hydrogen) atoms. The molecule has 0 saturated carbocycles. The van der Waals surface area contributed by atoms with Gasteiger partial charge in [-0.15, -0.1) is 0 Å². The van der Waals surface area contributed by atoms with E-state index >= 15 is 0 Å². The molecule has 4 nitrogen and oxygen atoms in total. The molecule has 0 heterocycles. The number of aliphatic hydroxyl groups is 2. The number of benzene rings is 1. The standard InChI is InChI=1S/C13H21NO3/c1-13(2,3)14-7-12(17)9-4-5-11(16)10(6-9)8-15/h4-6,12,14-17H,7-8H2,1-3H3/i4+1,5+1,6+1,9+1,10+1,11+1. The lowest BCUT2D eigenvalue weighted by Gasteiger charge is -2.23. The van der Waals surface area contributed by atoms with Gasteiger partial charge in [-0.2, -0.15) is 0 Å². The molecule has 1 aromatic carbocycles. The molecule has 0 amide bonds. The molecule has 0 fully saturated rings. The van der Waals surface area contributed by atoms with Crippen molar-refractivity contribution < 1.29 is 15.3 Å². The molecule has 0 aliphatic carbocycles. The lowest BCUT2D eigenvalue weighted by atomic mass is 10.1. The SMILES string of the molecule is CC(C)(C)NCC(O)[13c]1[13cH][13cH][13c](O)[13c](CO)[13cH]1. The van der Waals surface area contributed by atoms with Crippen molar-refractivity contribution >= 4 is 0 Å². The number of hydrogen-bond donors (Lipinski definition) is 4. The summed E-state index contributed by atoms with van der Waals surface area (Å²) in [4.78, 5) is 0. The van der Waals surface area contributed by atoms with E-state index in [1.165, 1.54) is 6.07 Å². The average Bonchev–Trinajstić information content (AvgIpc) is 2.25. The quantitative estimate of drug-likeness (QED) is 0.645. The van der Waals surface area contributed by atoms with Crippen molar-refractivity contribution in [1.82, 2.24) is 5.32 Å². The number of aliphatic hydroxyl groups excluding tert-OH is 2. The molecule has 1 atom stereocenters. The van der Waals surface area contributed by atoms with E-state index in [-0.39, 0.29) is 17.9 Å². The van der Waals surface area contributed by atoms with Crippen LogP contribution < -0.4 is 5.32 Å². The number of aromatic hydroxyl groups is 1. The molecule has 0 radical (unpaired) electrons. The van der Waals surface area contributed by atoms with Crippen LogP contribution in [0.4, 0.5) is 0 Å². The minimum atomic E-state index is -0.653. The van der Waals surface area contributed by atoms with E-state index in [0.29, 0.717) is 17.7 Å². The summed E-state index contributed by atoms with van der Waals surface area (Å²) < 4.78 is 0. The third-order valence-corrected chi connectivity index (χ3v) is 2.48. The van der Waals surface area contributed by atoms with Crippen molar-refractivity contribution in [3.63, 3.8) is 0 Å². The predicted molar refractivity (Wildman–Crippen MR) is 66.7 cm³/mol. The topological polar surface area (TPSA) is 72.7 Å². The smallest absolute Gasteiger partial charge is 0.121 e. The van der Waals surface area contributed by atoms with Gasteiger partial charge >= 0.3 is 0 Å². The van der Waals surface area contributed by atoms with Gasteiger partial charge in [-0.1, -0.05) is 6.07 Å². The van der Waals surface area contributed by atoms with E-state index in [9.17, 15) is 10.2 Å². The van der Waals surface area contributed by atoms with E-state index in [1.54, 1.807) is 12.1 Å². The Morgan fingerprint density at radius 2 is 1.94 bits per heavy atom. The molecule has 0 aliphatic heterocycles. The Bertz CT molecular complexity index is 371. The van der Waals surface area contributed by atoms with Gasteiger partial charge in [0.25, 0.3) is 0 Å². The first-order valence-corrected chi connectivity index (χ1v) is 5.69. The Labute approximate surface area is 102 Å². The highest BCUT2D eigenvalue weighted by molar-refractivity contribution is 5.36. The molecule has 1 rings (SSSR count). The summed E-state index contributed by atoms with van der Waals surface area (Å²) in [5.74, 6) is 0.0484. The van der Waals surface area contributed by atoms with Gasteiger partial charge in [0, 0.05) is 17.6 Å². The Balaban J connectivity index is 2.72. The molecule has 0 spiro atoms. The van der Waals surface area contributed by atoms with Crippen molar-refractivity contribution in [2.45, 2.75) is 39.0 Å². The summed E-state index contributed by atoms with van der Waals surface area (Å²) in [5, 5.41) is 31.6. The number of hydrogen-bond acceptors (Lipinski definition) is 4. The molecule has 4 N–H and O–H groups in total. The van der Waals surface area contributed by atoms with Crippen LogP contribution in [0.25, 0.3) is 0 Å². The highest BCUT2D eigenvalue weighted by atomic mass is 16.4. The molecule has 0 bridgehead atoms. The zero-order valence-corrected chi connectivity index (χ0v) is 10.6. The summed E-state index contributed by atoms with van der Waals surface area (Å²) >= 11 is 0. The zero-order chi connectivity index (χ0) is 13.1. The molecular weight excluding hydrogens is 224 g/mol. The minimum absolute atomic E-state index is 0.0484. The van der Waals surface area contributed by atoms with Crippen molar-refractivity contribution in [2.75, 3.05) is 6.54 Å². The third kappa shape index (κ3) is 4.34. The summed E-state index contributed by atoms with van der Waals surface area (Å²) in [6.07, 6.45) is -0.653. The second kappa shape index (κ2) is 5.49. The second-order valence-electron chi connectivity index (χ2n) is 5.19. The van der Waals surface area contributed by atoms with Crippen LogP contribution in [0, 0.1) is 0 Å². The lowest BCUT2D eigenvalue weighted by Crippen LogP contribution is -2.38. The van der Waals surface area contributed by atoms with Gasteiger partial charge in [-0.25, -0.2) is 0 Å². The van der Waals surface area contributed by atoms with Crippen LogP contribution in [0.5, 0.6) is 5.75 Å². The summed E-state index contributed by atoms with van der Waals surface area (Å²) in [6.45, 7) is 6.26. The van der Waals surface area contributed by atoms with Crippen LogP contribution in [0.2, 0.25) is 0 Å². The maximum atomic E-state index is 9.97. The molecule has 4 heteroatoms. The Morgan fingerprint density at radius 1 is 1.29 bits per heavy atom. The van der Waals surface area contributed by atoms with Crippen molar-refractivity contribution in [1.29, 1.82) is 0 Å². The van der Waals surface area contributed by atoms with Crippen LogP contribution >= 0.6 is 0 Å². The van der Waals surface area contributed by atoms with Crippen molar-refractivity contribution in [3.8, 4) is 5.75 Å². The van der Waals surface area contributed by atoms with Gasteiger partial charge < -0.3 is 20.6 Å². The highest BCUT2D eigenvalue weighted by Crippen LogP contribution is 2.22. The fourth-order valence-corrected chi connectivity index (χ4v) is 1.46. The molecule has 96 valence electrons. The molecule has 0 saturated heterocycles. The van der Waals surface area contributed by atoms with Gasteiger partial charge in [0.1, 0.15) is 5.75 Å². The van der Waals surface area contributed by atoms with Gasteiger partial charge in [-0.05, 0) is 38.5 Å². The highest BCUT2D eigenvalue weighted by Gasteiger charge is 2.14. The normalized spacial score (nSPS) is 13.7. The summed E-state index contributed by atoms with van der Waals surface area (Å²) in [6, 6.07) is 4.76. The van der Waals surface area contributed by atoms with Crippen molar-refractivity contribution in [3.05, 3.63) is 29.3 Å². The Morgan fingerprint density at radius 3 is 2.47 bits per heavy atom. The van der Waals surface area contributed by atoms with Crippen LogP contribution in [0.15, 0.2) is 18.2 Å². The Hall–Kier alpha value is -1.10. The molecule has 0 aliphatic rings. The summed E-state index contributed by atoms with van der Waals surface area (Å²) in [7, 11) is 0. The predicted octanol–water partition coefficient (Wildman–Crippen LogP) is 1.31. The first-order valence-electron chi connectivity index (χ1n) is 5.69. The van der Waals surface area contributed by atoms with Gasteiger partial charge in [0.2, 0.25) is 0 Å². The van der Waals surface area contributed by atoms with E-state index in [0.717, 1.165) is 0 Å². The van der Waals surface area contributed by atoms with Crippen LogP contribution in [-0.2, 0) is 6.61 Å². The largest absolute Gasteiger partial charge is 0.508 e. The lowest BCUT2D eigenvalue weighted by molar-refractivity contribution is 0.163. The first-order chi connectivity index (χ1) is 7.83. The maximum Gasteiger partial charge on any atom is 0.121 e. The van der Waals surface area contributed by atoms with E-state index in [4.69, 9.17) is 5.11 Å². The maximum absolute atomic E-state index is 9.97. The van der Waals surface area contributed by atoms with E-state index in [2.05, 4.69) is 5.32 Å². The second-order valence-corrected chi connectivity index (χ2v) is 5.19. The van der Waals surface area contributed by atoms with E-state index in [1.807, 2.05) is 20.8 Å². The molecule has 1 unspecified atom stereocenters. The minimum Gasteiger partial charge on any atom is -0.508 e. The summed E-state index contributed by atoms with van der Waals surface area (Å²) in [5.41, 5.74) is 1.05. The number of β-amino-alcohol motifs (C(OH)–C–C–N with tert-alkyl or cyclic N) is 1. The van der Waals surface area contributed by atoms with Gasteiger partial charge in [0.15, 0.2) is 0 Å². The molecule has 1 aromatic rings. The Kier molecular flexibility index (Phi) is 4.51. The van der Waals surface area contributed by atoms with Gasteiger partial charge in [-0.3, -0.25) is 0 Å². The number of phenols is 1. The molecule has 0 aromatic heterocycles. The fraction of sp³-hybridized carbons (Fsp3) is 0.538. The van der Waals surface area contributed by atoms with Crippen molar-refractivity contribution in [2.24, 2.45) is 0 Å². The van der Waals surface area contributed by atoms with E-state index < -0.39 is 6.10 Å². The van der Waals surface area contributed by atoms with Crippen LogP contribution in [-0.4, -0.2) is 27.4 Å². The van der Waals surface area contributed by atoms with Crippen LogP contribution in [0.3, 0.4) is 0 Å². The monoisotopic (exact) mass is 245 g/mol. The van der Waals surface area contributed by atoms with Gasteiger partial charge in [0.05, 0.1) is 12.7 Å².